The largest absolute Gasteiger partial charge is 0.486 e. The number of nitrogens with one attached hydrogen (secondary N) is 2. The fraction of sp³-hybridized carbons (Fsp3) is 0.421. The van der Waals surface area contributed by atoms with Gasteiger partial charge < -0.3 is 24.7 Å². The van der Waals surface area contributed by atoms with E-state index in [0.29, 0.717) is 19.2 Å². The number of likely N-dealkylation sites (tertiary alicyclic amines) is 1. The first-order valence-electron chi connectivity index (χ1n) is 8.71. The fourth-order valence-electron chi connectivity index (χ4n) is 3.06. The number of benzene rings is 1. The normalized spacial score (nSPS) is 17.4. The summed E-state index contributed by atoms with van der Waals surface area (Å²) in [6.45, 7) is 2.23. The average Bonchev–Trinajstić information content (AvgIpc) is 3.26. The standard InChI is InChI=1S/C19H25N3O3/c1-22-12-2-4-16(22)10-11-20-19(23)21-15-6-8-17(9-7-15)25-14-18-5-3-13-24-18/h3,5-9,13,16H,2,4,10-12,14H2,1H3,(H2,20,21,23). The van der Waals surface area contributed by atoms with Gasteiger partial charge >= 0.3 is 6.03 Å². The van der Waals surface area contributed by atoms with Gasteiger partial charge in [-0.25, -0.2) is 4.79 Å². The maximum absolute atomic E-state index is 12.0. The molecule has 2 N–H and O–H groups in total. The van der Waals surface area contributed by atoms with E-state index in [1.165, 1.54) is 12.8 Å². The van der Waals surface area contributed by atoms with Crippen molar-refractivity contribution in [3.05, 3.63) is 48.4 Å². The van der Waals surface area contributed by atoms with E-state index in [1.54, 1.807) is 6.26 Å². The molecule has 134 valence electrons. The van der Waals surface area contributed by atoms with E-state index in [0.717, 1.165) is 30.2 Å². The molecule has 1 atom stereocenters. The van der Waals surface area contributed by atoms with Crippen molar-refractivity contribution in [1.29, 1.82) is 0 Å². The van der Waals surface area contributed by atoms with Gasteiger partial charge in [-0.15, -0.1) is 0 Å². The van der Waals surface area contributed by atoms with E-state index in [1.807, 2.05) is 36.4 Å². The number of ether oxygens (including phenoxy) is 1. The van der Waals surface area contributed by atoms with Gasteiger partial charge in [-0.1, -0.05) is 0 Å². The minimum Gasteiger partial charge on any atom is -0.486 e. The Balaban J connectivity index is 1.37. The lowest BCUT2D eigenvalue weighted by atomic mass is 10.1. The molecule has 2 aromatic rings. The molecule has 1 aliphatic rings. The van der Waals surface area contributed by atoms with E-state index in [-0.39, 0.29) is 6.03 Å². The second-order valence-electron chi connectivity index (χ2n) is 6.34. The first-order chi connectivity index (χ1) is 12.2. The van der Waals surface area contributed by atoms with Gasteiger partial charge in [0.2, 0.25) is 0 Å². The molecule has 0 bridgehead atoms. The molecule has 1 fully saturated rings. The Labute approximate surface area is 148 Å². The number of carbonyl (C=O) groups excluding carboxylic acids is 1. The highest BCUT2D eigenvalue weighted by Gasteiger charge is 2.20. The molecule has 2 heterocycles. The van der Waals surface area contributed by atoms with Gasteiger partial charge in [-0.05, 0) is 69.3 Å². The molecule has 3 rings (SSSR count). The zero-order valence-corrected chi connectivity index (χ0v) is 14.5. The summed E-state index contributed by atoms with van der Waals surface area (Å²) in [5.41, 5.74) is 0.737. The fourth-order valence-corrected chi connectivity index (χ4v) is 3.06. The van der Waals surface area contributed by atoms with Crippen LogP contribution < -0.4 is 15.4 Å². The number of amides is 2. The quantitative estimate of drug-likeness (QED) is 0.808. The van der Waals surface area contributed by atoms with Crippen molar-refractivity contribution >= 4 is 11.7 Å². The smallest absolute Gasteiger partial charge is 0.319 e. The van der Waals surface area contributed by atoms with Gasteiger partial charge in [0.25, 0.3) is 0 Å². The van der Waals surface area contributed by atoms with Crippen molar-refractivity contribution in [2.45, 2.75) is 31.9 Å². The van der Waals surface area contributed by atoms with Crippen molar-refractivity contribution in [2.75, 3.05) is 25.5 Å². The van der Waals surface area contributed by atoms with Gasteiger partial charge in [-0.3, -0.25) is 0 Å². The first-order valence-corrected chi connectivity index (χ1v) is 8.71. The van der Waals surface area contributed by atoms with Crippen LogP contribution in [0.15, 0.2) is 47.1 Å². The third kappa shape index (κ3) is 5.26. The highest BCUT2D eigenvalue weighted by atomic mass is 16.5. The maximum Gasteiger partial charge on any atom is 0.319 e. The molecule has 0 aliphatic carbocycles. The summed E-state index contributed by atoms with van der Waals surface area (Å²) in [7, 11) is 2.15. The average molecular weight is 343 g/mol. The van der Waals surface area contributed by atoms with E-state index in [9.17, 15) is 4.79 Å². The Morgan fingerprint density at radius 3 is 2.84 bits per heavy atom. The summed E-state index contributed by atoms with van der Waals surface area (Å²) < 4.78 is 10.8. The lowest BCUT2D eigenvalue weighted by Crippen LogP contribution is -2.34. The van der Waals surface area contributed by atoms with Crippen molar-refractivity contribution < 1.29 is 13.9 Å². The second kappa shape index (κ2) is 8.58. The predicted molar refractivity (Wildman–Crippen MR) is 96.8 cm³/mol. The molecule has 25 heavy (non-hydrogen) atoms. The molecule has 0 saturated carbocycles. The third-order valence-electron chi connectivity index (χ3n) is 4.51. The number of hydrogen-bond donors (Lipinski definition) is 2. The summed E-state index contributed by atoms with van der Waals surface area (Å²) >= 11 is 0. The van der Waals surface area contributed by atoms with Gasteiger partial charge in [0, 0.05) is 18.3 Å². The van der Waals surface area contributed by atoms with E-state index in [2.05, 4.69) is 22.6 Å². The van der Waals surface area contributed by atoms with Crippen LogP contribution in [0, 0.1) is 0 Å². The monoisotopic (exact) mass is 343 g/mol. The summed E-state index contributed by atoms with van der Waals surface area (Å²) in [5, 5.41) is 5.75. The number of furan rings is 1. The number of hydrogen-bond acceptors (Lipinski definition) is 4. The number of anilines is 1. The summed E-state index contributed by atoms with van der Waals surface area (Å²) in [6, 6.07) is 11.4. The molecule has 6 heteroatoms. The van der Waals surface area contributed by atoms with Crippen LogP contribution in [0.4, 0.5) is 10.5 Å². The highest BCUT2D eigenvalue weighted by Crippen LogP contribution is 2.18. The predicted octanol–water partition coefficient (Wildman–Crippen LogP) is 3.46. The molecule has 0 radical (unpaired) electrons. The maximum atomic E-state index is 12.0. The second-order valence-corrected chi connectivity index (χ2v) is 6.34. The SMILES string of the molecule is CN1CCCC1CCNC(=O)Nc1ccc(OCc2ccco2)cc1. The molecular weight excluding hydrogens is 318 g/mol. The zero-order chi connectivity index (χ0) is 17.5. The van der Waals surface area contributed by atoms with Crippen LogP contribution in [-0.4, -0.2) is 37.1 Å². The third-order valence-corrected chi connectivity index (χ3v) is 4.51. The van der Waals surface area contributed by atoms with E-state index < -0.39 is 0 Å². The molecule has 1 aromatic carbocycles. The number of carbonyl (C=O) groups is 1. The number of urea groups is 1. The van der Waals surface area contributed by atoms with Crippen molar-refractivity contribution in [3.8, 4) is 5.75 Å². The summed E-state index contributed by atoms with van der Waals surface area (Å²) in [6.07, 6.45) is 5.08. The molecule has 6 nitrogen and oxygen atoms in total. The molecule has 1 aromatic heterocycles. The van der Waals surface area contributed by atoms with Gasteiger partial charge in [-0.2, -0.15) is 0 Å². The topological polar surface area (TPSA) is 66.7 Å². The Morgan fingerprint density at radius 2 is 2.16 bits per heavy atom. The highest BCUT2D eigenvalue weighted by molar-refractivity contribution is 5.89. The van der Waals surface area contributed by atoms with Crippen LogP contribution in [0.5, 0.6) is 5.75 Å². The van der Waals surface area contributed by atoms with Gasteiger partial charge in [0.1, 0.15) is 18.1 Å². The number of nitrogens with zero attached hydrogens (tertiary/aromatic N) is 1. The number of rotatable bonds is 7. The Bertz CT molecular complexity index is 655. The van der Waals surface area contributed by atoms with Crippen molar-refractivity contribution in [1.82, 2.24) is 10.2 Å². The molecule has 1 aliphatic heterocycles. The van der Waals surface area contributed by atoms with Crippen LogP contribution in [0.1, 0.15) is 25.0 Å². The van der Waals surface area contributed by atoms with E-state index >= 15 is 0 Å². The zero-order valence-electron chi connectivity index (χ0n) is 14.5. The first kappa shape index (κ1) is 17.4. The van der Waals surface area contributed by atoms with Crippen molar-refractivity contribution in [2.24, 2.45) is 0 Å². The Kier molecular flexibility index (Phi) is 5.95. The minimum absolute atomic E-state index is 0.176. The lowest BCUT2D eigenvalue weighted by molar-refractivity contribution is 0.248. The van der Waals surface area contributed by atoms with Crippen molar-refractivity contribution in [3.63, 3.8) is 0 Å². The van der Waals surface area contributed by atoms with Crippen LogP contribution >= 0.6 is 0 Å². The molecule has 1 saturated heterocycles. The van der Waals surface area contributed by atoms with Crippen LogP contribution in [0.3, 0.4) is 0 Å². The molecule has 0 spiro atoms. The lowest BCUT2D eigenvalue weighted by Gasteiger charge is -2.19. The minimum atomic E-state index is -0.176. The van der Waals surface area contributed by atoms with Crippen LogP contribution in [0.25, 0.3) is 0 Å². The van der Waals surface area contributed by atoms with Gasteiger partial charge in [0.15, 0.2) is 0 Å². The van der Waals surface area contributed by atoms with Crippen LogP contribution in [-0.2, 0) is 6.61 Å². The van der Waals surface area contributed by atoms with Crippen LogP contribution in [0.2, 0.25) is 0 Å². The van der Waals surface area contributed by atoms with Gasteiger partial charge in [0.05, 0.1) is 6.26 Å². The molecule has 2 amide bonds. The Hall–Kier alpha value is -2.47. The van der Waals surface area contributed by atoms with E-state index in [4.69, 9.17) is 9.15 Å². The molecular formula is C19H25N3O3. The molecule has 1 unspecified atom stereocenters. The summed E-state index contributed by atoms with van der Waals surface area (Å²) in [4.78, 5) is 14.3. The Morgan fingerprint density at radius 1 is 1.32 bits per heavy atom. The summed E-state index contributed by atoms with van der Waals surface area (Å²) in [5.74, 6) is 1.50.